The first kappa shape index (κ1) is 16.7. The van der Waals surface area contributed by atoms with Crippen LogP contribution in [0.5, 0.6) is 0 Å². The van der Waals surface area contributed by atoms with Gasteiger partial charge in [-0.1, -0.05) is 23.7 Å². The second-order valence-electron chi connectivity index (χ2n) is 5.58. The molecule has 1 N–H and O–H groups in total. The largest absolute Gasteiger partial charge is 0.348 e. The van der Waals surface area contributed by atoms with E-state index in [-0.39, 0.29) is 11.8 Å². The van der Waals surface area contributed by atoms with Gasteiger partial charge in [-0.05, 0) is 30.5 Å². The number of rotatable bonds is 5. The zero-order valence-corrected chi connectivity index (χ0v) is 14.9. The molecule has 0 bridgehead atoms. The molecule has 2 aromatic rings. The van der Waals surface area contributed by atoms with Gasteiger partial charge in [-0.2, -0.15) is 0 Å². The van der Waals surface area contributed by atoms with Gasteiger partial charge in [0.2, 0.25) is 10.0 Å². The number of sulfonamides is 1. The van der Waals surface area contributed by atoms with Crippen molar-refractivity contribution in [2.75, 3.05) is 18.0 Å². The number of nitrogens with zero attached hydrogens (tertiary/aromatic N) is 2. The molecule has 0 radical (unpaired) electrons. The Bertz CT molecular complexity index is 742. The molecule has 3 rings (SSSR count). The van der Waals surface area contributed by atoms with Crippen LogP contribution < -0.4 is 9.62 Å². The van der Waals surface area contributed by atoms with Gasteiger partial charge in [0.1, 0.15) is 0 Å². The second kappa shape index (κ2) is 7.17. The van der Waals surface area contributed by atoms with E-state index in [4.69, 9.17) is 11.6 Å². The third-order valence-electron chi connectivity index (χ3n) is 3.78. The van der Waals surface area contributed by atoms with E-state index in [0.717, 1.165) is 31.1 Å². The fourth-order valence-corrected chi connectivity index (χ4v) is 5.06. The fourth-order valence-electron chi connectivity index (χ4n) is 2.70. The maximum Gasteiger partial charge on any atom is 0.216 e. The van der Waals surface area contributed by atoms with Gasteiger partial charge >= 0.3 is 0 Å². The number of aromatic nitrogens is 1. The molecule has 1 aromatic carbocycles. The summed E-state index contributed by atoms with van der Waals surface area (Å²) in [4.78, 5) is 6.50. The predicted molar refractivity (Wildman–Crippen MR) is 94.6 cm³/mol. The SMILES string of the molecule is O=S(=O)(Cc1cccc(Cl)c1)NC1CCN(c2nccs2)CC1. The van der Waals surface area contributed by atoms with E-state index >= 15 is 0 Å². The lowest BCUT2D eigenvalue weighted by Crippen LogP contribution is -2.44. The Morgan fingerprint density at radius 1 is 1.35 bits per heavy atom. The minimum absolute atomic E-state index is 0.0182. The lowest BCUT2D eigenvalue weighted by molar-refractivity contribution is 0.459. The van der Waals surface area contributed by atoms with Crippen molar-refractivity contribution in [1.29, 1.82) is 0 Å². The van der Waals surface area contributed by atoms with E-state index in [1.807, 2.05) is 5.38 Å². The first-order chi connectivity index (χ1) is 11.0. The third-order valence-corrected chi connectivity index (χ3v) is 6.25. The first-order valence-corrected chi connectivity index (χ1v) is 10.3. The van der Waals surface area contributed by atoms with Gasteiger partial charge < -0.3 is 4.90 Å². The van der Waals surface area contributed by atoms with Crippen molar-refractivity contribution >= 4 is 38.1 Å². The van der Waals surface area contributed by atoms with Gasteiger partial charge in [-0.25, -0.2) is 18.1 Å². The molecule has 1 saturated heterocycles. The van der Waals surface area contributed by atoms with Crippen LogP contribution in [0.1, 0.15) is 18.4 Å². The highest BCUT2D eigenvalue weighted by Gasteiger charge is 2.24. The average molecular weight is 372 g/mol. The van der Waals surface area contributed by atoms with Gasteiger partial charge in [0.15, 0.2) is 5.13 Å². The minimum Gasteiger partial charge on any atom is -0.348 e. The number of hydrogen-bond donors (Lipinski definition) is 1. The lowest BCUT2D eigenvalue weighted by atomic mass is 10.1. The van der Waals surface area contributed by atoms with Crippen LogP contribution in [0.3, 0.4) is 0 Å². The third kappa shape index (κ3) is 4.67. The highest BCUT2D eigenvalue weighted by Crippen LogP contribution is 2.22. The molecule has 0 aliphatic carbocycles. The fraction of sp³-hybridized carbons (Fsp3) is 0.400. The Hall–Kier alpha value is -1.15. The maximum absolute atomic E-state index is 12.3. The monoisotopic (exact) mass is 371 g/mol. The van der Waals surface area contributed by atoms with Crippen LogP contribution in [0.2, 0.25) is 5.02 Å². The van der Waals surface area contributed by atoms with Crippen LogP contribution in [-0.2, 0) is 15.8 Å². The van der Waals surface area contributed by atoms with E-state index in [0.29, 0.717) is 10.6 Å². The van der Waals surface area contributed by atoms with E-state index < -0.39 is 10.0 Å². The Labute approximate surface area is 145 Å². The summed E-state index contributed by atoms with van der Waals surface area (Å²) in [6.07, 6.45) is 3.36. The Morgan fingerprint density at radius 3 is 2.78 bits per heavy atom. The van der Waals surface area contributed by atoms with Gasteiger partial charge in [-0.15, -0.1) is 11.3 Å². The number of thiazole rings is 1. The Kier molecular flexibility index (Phi) is 5.21. The molecular formula is C15H18ClN3O2S2. The van der Waals surface area contributed by atoms with Crippen molar-refractivity contribution in [2.24, 2.45) is 0 Å². The molecule has 0 amide bonds. The number of nitrogens with one attached hydrogen (secondary N) is 1. The molecule has 1 aliphatic heterocycles. The van der Waals surface area contributed by atoms with Crippen LogP contribution in [0.15, 0.2) is 35.8 Å². The highest BCUT2D eigenvalue weighted by molar-refractivity contribution is 7.88. The molecule has 2 heterocycles. The Morgan fingerprint density at radius 2 is 2.13 bits per heavy atom. The molecule has 5 nitrogen and oxygen atoms in total. The summed E-state index contributed by atoms with van der Waals surface area (Å²) in [5.41, 5.74) is 0.699. The smallest absolute Gasteiger partial charge is 0.216 e. The Balaban J connectivity index is 1.55. The molecule has 0 saturated carbocycles. The summed E-state index contributed by atoms with van der Waals surface area (Å²) in [7, 11) is -3.36. The molecule has 0 atom stereocenters. The van der Waals surface area contributed by atoms with Crippen LogP contribution in [0, 0.1) is 0 Å². The maximum atomic E-state index is 12.3. The van der Waals surface area contributed by atoms with Crippen molar-refractivity contribution in [3.63, 3.8) is 0 Å². The number of halogens is 1. The number of hydrogen-bond acceptors (Lipinski definition) is 5. The van der Waals surface area contributed by atoms with E-state index in [2.05, 4.69) is 14.6 Å². The van der Waals surface area contributed by atoms with Crippen molar-refractivity contribution in [1.82, 2.24) is 9.71 Å². The first-order valence-electron chi connectivity index (χ1n) is 7.41. The van der Waals surface area contributed by atoms with Crippen LogP contribution in [-0.4, -0.2) is 32.5 Å². The summed E-state index contributed by atoms with van der Waals surface area (Å²) < 4.78 is 27.4. The van der Waals surface area contributed by atoms with Crippen molar-refractivity contribution in [3.05, 3.63) is 46.4 Å². The standard InChI is InChI=1S/C15H18ClN3O2S2/c16-13-3-1-2-12(10-13)11-23(20,21)18-14-4-7-19(8-5-14)15-17-6-9-22-15/h1-3,6,9-10,14,18H,4-5,7-8,11H2. The molecule has 1 aliphatic rings. The predicted octanol–water partition coefficient (Wildman–Crippen LogP) is 2.88. The lowest BCUT2D eigenvalue weighted by Gasteiger charge is -2.31. The van der Waals surface area contributed by atoms with Gasteiger partial charge in [0, 0.05) is 35.7 Å². The summed E-state index contributed by atoms with van der Waals surface area (Å²) >= 11 is 7.52. The zero-order chi connectivity index (χ0) is 16.3. The van der Waals surface area contributed by atoms with E-state index in [1.165, 1.54) is 0 Å². The normalized spacial score (nSPS) is 16.7. The summed E-state index contributed by atoms with van der Waals surface area (Å²) in [6, 6.07) is 6.94. The summed E-state index contributed by atoms with van der Waals surface area (Å²) in [5, 5.41) is 3.51. The van der Waals surface area contributed by atoms with Gasteiger partial charge in [0.25, 0.3) is 0 Å². The van der Waals surface area contributed by atoms with Gasteiger partial charge in [0.05, 0.1) is 5.75 Å². The quantitative estimate of drug-likeness (QED) is 0.877. The topological polar surface area (TPSA) is 62.3 Å². The minimum atomic E-state index is -3.36. The van der Waals surface area contributed by atoms with Crippen molar-refractivity contribution in [2.45, 2.75) is 24.6 Å². The second-order valence-corrected chi connectivity index (χ2v) is 8.65. The van der Waals surface area contributed by atoms with Crippen LogP contribution in [0.4, 0.5) is 5.13 Å². The van der Waals surface area contributed by atoms with Crippen molar-refractivity contribution < 1.29 is 8.42 Å². The molecule has 0 spiro atoms. The molecule has 23 heavy (non-hydrogen) atoms. The molecule has 0 unspecified atom stereocenters. The average Bonchev–Trinajstić information content (AvgIpc) is 3.01. The van der Waals surface area contributed by atoms with Crippen LogP contribution in [0.25, 0.3) is 0 Å². The van der Waals surface area contributed by atoms with Crippen molar-refractivity contribution in [3.8, 4) is 0 Å². The molecule has 1 fully saturated rings. The number of anilines is 1. The van der Waals surface area contributed by atoms with Gasteiger partial charge in [-0.3, -0.25) is 0 Å². The zero-order valence-electron chi connectivity index (χ0n) is 12.5. The van der Waals surface area contributed by atoms with E-state index in [9.17, 15) is 8.42 Å². The molecular weight excluding hydrogens is 354 g/mol. The highest BCUT2D eigenvalue weighted by atomic mass is 35.5. The number of benzene rings is 1. The van der Waals surface area contributed by atoms with E-state index in [1.54, 1.807) is 41.8 Å². The molecule has 8 heteroatoms. The van der Waals surface area contributed by atoms with Crippen LogP contribution >= 0.6 is 22.9 Å². The molecule has 124 valence electrons. The number of piperidine rings is 1. The molecule has 1 aromatic heterocycles. The summed E-state index contributed by atoms with van der Waals surface area (Å²) in [5.74, 6) is -0.0414. The summed E-state index contributed by atoms with van der Waals surface area (Å²) in [6.45, 7) is 1.63.